The van der Waals surface area contributed by atoms with E-state index >= 15 is 0 Å². The molecule has 1 nitrogen and oxygen atoms in total. The highest BCUT2D eigenvalue weighted by atomic mass is 79.9. The Morgan fingerprint density at radius 3 is 1.56 bits per heavy atom. The van der Waals surface area contributed by atoms with Gasteiger partial charge in [-0.3, -0.25) is 0 Å². The van der Waals surface area contributed by atoms with Crippen LogP contribution in [0.1, 0.15) is 52.4 Å². The Kier molecular flexibility index (Phi) is 14.5. The van der Waals surface area contributed by atoms with Crippen molar-refractivity contribution < 1.29 is 16.9 Å². The zero-order valence-electron chi connectivity index (χ0n) is 11.3. The molecule has 3 heteroatoms. The molecule has 0 aliphatic carbocycles. The first kappa shape index (κ1) is 19.1. The third-order valence-corrected chi connectivity index (χ3v) is 3.58. The lowest BCUT2D eigenvalue weighted by Crippen LogP contribution is -3.00. The molecule has 0 bridgehead atoms. The summed E-state index contributed by atoms with van der Waals surface area (Å²) in [5.74, 6) is 0. The first-order valence-corrected chi connectivity index (χ1v) is 7.70. The van der Waals surface area contributed by atoms with Crippen LogP contribution >= 0.6 is 15.9 Å². The van der Waals surface area contributed by atoms with E-state index in [-0.39, 0.29) is 12.4 Å². The highest BCUT2D eigenvalue weighted by Gasteiger charge is 2.19. The van der Waals surface area contributed by atoms with Crippen molar-refractivity contribution in [2.75, 3.05) is 32.0 Å². The normalized spacial score (nSPS) is 11.2. The first-order valence-electron chi connectivity index (χ1n) is 6.58. The predicted octanol–water partition coefficient (Wildman–Crippen LogP) is 1.21. The lowest BCUT2D eigenvalue weighted by molar-refractivity contribution is -0.907. The molecule has 0 spiro atoms. The lowest BCUT2D eigenvalue weighted by atomic mass is 10.2. The van der Waals surface area contributed by atoms with E-state index in [0.29, 0.717) is 0 Å². The van der Waals surface area contributed by atoms with Crippen molar-refractivity contribution in [3.8, 4) is 0 Å². The Morgan fingerprint density at radius 1 is 0.812 bits per heavy atom. The number of hydrogen-bond acceptors (Lipinski definition) is 0. The summed E-state index contributed by atoms with van der Waals surface area (Å²) < 4.78 is 1.27. The van der Waals surface area contributed by atoms with Gasteiger partial charge in [-0.2, -0.15) is 0 Å². The minimum atomic E-state index is 0. The summed E-state index contributed by atoms with van der Waals surface area (Å²) in [6.45, 7) is 8.58. The fraction of sp³-hybridized carbons (Fsp3) is 1.00. The summed E-state index contributed by atoms with van der Waals surface area (Å²) in [6.07, 6.45) is 8.25. The molecule has 0 heterocycles. The van der Waals surface area contributed by atoms with Crippen LogP contribution in [0.25, 0.3) is 0 Å². The molecule has 0 rings (SSSR count). The van der Waals surface area contributed by atoms with Crippen molar-refractivity contribution in [1.82, 2.24) is 0 Å². The van der Waals surface area contributed by atoms with Gasteiger partial charge in [0.2, 0.25) is 0 Å². The fourth-order valence-corrected chi connectivity index (χ4v) is 2.88. The lowest BCUT2D eigenvalue weighted by Gasteiger charge is -2.34. The maximum atomic E-state index is 3.59. The van der Waals surface area contributed by atoms with Crippen molar-refractivity contribution in [3.63, 3.8) is 0 Å². The molecule has 0 saturated carbocycles. The van der Waals surface area contributed by atoms with E-state index < -0.39 is 0 Å². The first-order chi connectivity index (χ1) is 7.18. The molecule has 0 atom stereocenters. The second kappa shape index (κ2) is 12.2. The smallest absolute Gasteiger partial charge is 0.0883 e. The molecule has 0 radical (unpaired) electrons. The average Bonchev–Trinajstić information content (AvgIpc) is 2.19. The van der Waals surface area contributed by atoms with Gasteiger partial charge >= 0.3 is 0 Å². The second-order valence-corrected chi connectivity index (χ2v) is 5.69. The van der Waals surface area contributed by atoms with E-state index in [1.165, 1.54) is 62.6 Å². The van der Waals surface area contributed by atoms with Crippen LogP contribution in [0.15, 0.2) is 0 Å². The standard InChI is InChI=1S/C13H29BrN.ClH/c1-4-6-8-11-15(3,13-10-14)12-9-7-5-2;/h4-13H2,1-3H3;1H/q+1;/p-1. The van der Waals surface area contributed by atoms with E-state index in [0.717, 1.165) is 5.33 Å². The molecule has 0 aromatic heterocycles. The number of alkyl halides is 1. The number of nitrogens with zero attached hydrogens (tertiary/aromatic N) is 1. The van der Waals surface area contributed by atoms with Crippen LogP contribution in [-0.4, -0.2) is 36.5 Å². The van der Waals surface area contributed by atoms with E-state index in [4.69, 9.17) is 0 Å². The van der Waals surface area contributed by atoms with Crippen LogP contribution in [0.4, 0.5) is 0 Å². The molecule has 100 valence electrons. The molecule has 0 aliphatic heterocycles. The molecule has 0 N–H and O–H groups in total. The molecule has 0 aromatic carbocycles. The zero-order valence-corrected chi connectivity index (χ0v) is 13.6. The molecule has 0 aromatic rings. The van der Waals surface area contributed by atoms with E-state index in [1.54, 1.807) is 0 Å². The number of unbranched alkanes of at least 4 members (excludes halogenated alkanes) is 4. The van der Waals surface area contributed by atoms with Crippen LogP contribution in [0.2, 0.25) is 0 Å². The van der Waals surface area contributed by atoms with Gasteiger partial charge in [-0.05, 0) is 25.7 Å². The minimum Gasteiger partial charge on any atom is -1.00 e. The van der Waals surface area contributed by atoms with Crippen LogP contribution in [0.5, 0.6) is 0 Å². The molecular weight excluding hydrogens is 286 g/mol. The van der Waals surface area contributed by atoms with Gasteiger partial charge in [-0.1, -0.05) is 42.6 Å². The van der Waals surface area contributed by atoms with Crippen molar-refractivity contribution in [2.24, 2.45) is 0 Å². The maximum Gasteiger partial charge on any atom is 0.0883 e. The van der Waals surface area contributed by atoms with Crippen LogP contribution in [0.3, 0.4) is 0 Å². The summed E-state index contributed by atoms with van der Waals surface area (Å²) in [6, 6.07) is 0. The van der Waals surface area contributed by atoms with Gasteiger partial charge in [-0.15, -0.1) is 0 Å². The van der Waals surface area contributed by atoms with E-state index in [9.17, 15) is 0 Å². The fourth-order valence-electron chi connectivity index (χ4n) is 2.03. The Balaban J connectivity index is 0. The van der Waals surface area contributed by atoms with Crippen LogP contribution in [-0.2, 0) is 0 Å². The Bertz CT molecular complexity index is 132. The largest absolute Gasteiger partial charge is 1.00 e. The molecule has 0 amide bonds. The SMILES string of the molecule is CCCCC[N+](C)(CCBr)CCCCC.[Cl-]. The Labute approximate surface area is 117 Å². The predicted molar refractivity (Wildman–Crippen MR) is 73.6 cm³/mol. The van der Waals surface area contributed by atoms with Crippen molar-refractivity contribution in [3.05, 3.63) is 0 Å². The zero-order chi connectivity index (χ0) is 11.6. The Hall–Kier alpha value is 0.730. The molecule has 0 aliphatic rings. The molecule has 0 unspecified atom stereocenters. The number of halogens is 2. The van der Waals surface area contributed by atoms with Gasteiger partial charge in [0.25, 0.3) is 0 Å². The van der Waals surface area contributed by atoms with Gasteiger partial charge in [0.05, 0.1) is 32.0 Å². The van der Waals surface area contributed by atoms with Gasteiger partial charge in [0.15, 0.2) is 0 Å². The average molecular weight is 315 g/mol. The summed E-state index contributed by atoms with van der Waals surface area (Å²) in [4.78, 5) is 0. The number of quaternary nitrogens is 1. The van der Waals surface area contributed by atoms with E-state index in [2.05, 4.69) is 36.8 Å². The second-order valence-electron chi connectivity index (χ2n) is 4.89. The quantitative estimate of drug-likeness (QED) is 0.323. The van der Waals surface area contributed by atoms with Gasteiger partial charge < -0.3 is 16.9 Å². The van der Waals surface area contributed by atoms with Crippen LogP contribution < -0.4 is 12.4 Å². The van der Waals surface area contributed by atoms with Gasteiger partial charge in [0.1, 0.15) is 0 Å². The number of hydrogen-bond donors (Lipinski definition) is 0. The summed E-state index contributed by atoms with van der Waals surface area (Å²) in [5.41, 5.74) is 0. The summed E-state index contributed by atoms with van der Waals surface area (Å²) >= 11 is 3.59. The van der Waals surface area contributed by atoms with Crippen LogP contribution in [0, 0.1) is 0 Å². The van der Waals surface area contributed by atoms with Gasteiger partial charge in [0, 0.05) is 0 Å². The van der Waals surface area contributed by atoms with Gasteiger partial charge in [-0.25, -0.2) is 0 Å². The summed E-state index contributed by atoms with van der Waals surface area (Å²) in [5, 5.41) is 1.14. The van der Waals surface area contributed by atoms with E-state index in [1.807, 2.05) is 0 Å². The molecule has 16 heavy (non-hydrogen) atoms. The Morgan fingerprint density at radius 2 is 1.25 bits per heavy atom. The molecule has 0 saturated heterocycles. The third kappa shape index (κ3) is 9.92. The summed E-state index contributed by atoms with van der Waals surface area (Å²) in [7, 11) is 2.42. The van der Waals surface area contributed by atoms with Crippen molar-refractivity contribution in [2.45, 2.75) is 52.4 Å². The topological polar surface area (TPSA) is 0 Å². The number of rotatable bonds is 10. The third-order valence-electron chi connectivity index (χ3n) is 3.23. The monoisotopic (exact) mass is 313 g/mol. The minimum absolute atomic E-state index is 0. The highest BCUT2D eigenvalue weighted by molar-refractivity contribution is 9.09. The molecule has 0 fully saturated rings. The highest BCUT2D eigenvalue weighted by Crippen LogP contribution is 2.11. The molecular formula is C13H29BrClN. The maximum absolute atomic E-state index is 3.59. The van der Waals surface area contributed by atoms with Crippen molar-refractivity contribution >= 4 is 15.9 Å². The van der Waals surface area contributed by atoms with Crippen molar-refractivity contribution in [1.29, 1.82) is 0 Å².